The fourth-order valence-corrected chi connectivity index (χ4v) is 7.90. The van der Waals surface area contributed by atoms with Crippen LogP contribution < -0.4 is 0 Å². The van der Waals surface area contributed by atoms with Gasteiger partial charge in [-0.1, -0.05) is 77.1 Å². The zero-order valence-electron chi connectivity index (χ0n) is 22.5. The summed E-state index contributed by atoms with van der Waals surface area (Å²) in [6, 6.07) is 24.8. The van der Waals surface area contributed by atoms with E-state index in [4.69, 9.17) is 4.98 Å². The van der Waals surface area contributed by atoms with Crippen LogP contribution in [-0.2, 0) is 11.8 Å². The maximum absolute atomic E-state index is 4.94. The van der Waals surface area contributed by atoms with Crippen molar-refractivity contribution < 1.29 is 0 Å². The third-order valence-corrected chi connectivity index (χ3v) is 9.62. The Balaban J connectivity index is 1.55. The molecule has 6 rings (SSSR count). The second-order valence-electron chi connectivity index (χ2n) is 11.6. The van der Waals surface area contributed by atoms with Gasteiger partial charge in [0.25, 0.3) is 0 Å². The quantitative estimate of drug-likeness (QED) is 0.226. The Hall–Kier alpha value is -3.01. The highest BCUT2D eigenvalue weighted by atomic mass is 32.1. The lowest BCUT2D eigenvalue weighted by Gasteiger charge is -2.22. The van der Waals surface area contributed by atoms with Crippen LogP contribution in [0.4, 0.5) is 0 Å². The monoisotopic (exact) mass is 519 g/mol. The largest absolute Gasteiger partial charge is 0.256 e. The molecule has 3 aromatic heterocycles. The van der Waals surface area contributed by atoms with Crippen LogP contribution in [0.25, 0.3) is 52.6 Å². The van der Waals surface area contributed by atoms with Crippen LogP contribution in [0.2, 0.25) is 0 Å². The summed E-state index contributed by atoms with van der Waals surface area (Å²) in [6.45, 7) is 13.8. The second kappa shape index (κ2) is 9.08. The number of hydrogen-bond donors (Lipinski definition) is 0. The number of pyridine rings is 1. The van der Waals surface area contributed by atoms with Crippen LogP contribution in [0.3, 0.4) is 0 Å². The van der Waals surface area contributed by atoms with E-state index >= 15 is 0 Å². The predicted octanol–water partition coefficient (Wildman–Crippen LogP) is 10.8. The van der Waals surface area contributed by atoms with Gasteiger partial charge in [0.1, 0.15) is 0 Å². The predicted molar refractivity (Wildman–Crippen MR) is 165 cm³/mol. The number of aromatic nitrogens is 1. The average molecular weight is 520 g/mol. The van der Waals surface area contributed by atoms with Gasteiger partial charge in [0.05, 0.1) is 5.69 Å². The molecule has 186 valence electrons. The van der Waals surface area contributed by atoms with Crippen LogP contribution >= 0.6 is 22.7 Å². The first kappa shape index (κ1) is 24.3. The number of thiophene rings is 2. The summed E-state index contributed by atoms with van der Waals surface area (Å²) in [7, 11) is 0. The second-order valence-corrected chi connectivity index (χ2v) is 13.9. The highest BCUT2D eigenvalue weighted by Gasteiger charge is 2.21. The molecule has 6 aromatic rings. The maximum Gasteiger partial charge on any atom is 0.0789 e. The first-order valence-corrected chi connectivity index (χ1v) is 14.8. The molecule has 0 atom stereocenters. The van der Waals surface area contributed by atoms with Crippen molar-refractivity contribution in [1.29, 1.82) is 0 Å². The lowest BCUT2D eigenvalue weighted by atomic mass is 9.82. The molecule has 3 heterocycles. The third kappa shape index (κ3) is 4.28. The number of rotatable bonds is 4. The van der Waals surface area contributed by atoms with Gasteiger partial charge in [0, 0.05) is 41.9 Å². The van der Waals surface area contributed by atoms with Gasteiger partial charge in [-0.05, 0) is 76.2 Å². The normalized spacial score (nSPS) is 12.4. The zero-order chi connectivity index (χ0) is 25.9. The Morgan fingerprint density at radius 1 is 0.838 bits per heavy atom. The minimum atomic E-state index is 0.0453. The van der Waals surface area contributed by atoms with E-state index in [9.17, 15) is 0 Å². The van der Waals surface area contributed by atoms with Crippen LogP contribution in [-0.4, -0.2) is 4.98 Å². The fraction of sp³-hybridized carbons (Fsp3) is 0.265. The molecule has 3 aromatic carbocycles. The van der Waals surface area contributed by atoms with Gasteiger partial charge < -0.3 is 0 Å². The van der Waals surface area contributed by atoms with Crippen molar-refractivity contribution in [2.24, 2.45) is 5.92 Å². The zero-order valence-corrected chi connectivity index (χ0v) is 24.1. The van der Waals surface area contributed by atoms with Gasteiger partial charge in [-0.2, -0.15) is 0 Å². The van der Waals surface area contributed by atoms with E-state index in [1.807, 2.05) is 28.9 Å². The summed E-state index contributed by atoms with van der Waals surface area (Å²) in [5, 5.41) is 5.27. The van der Waals surface area contributed by atoms with E-state index in [0.29, 0.717) is 5.92 Å². The highest BCUT2D eigenvalue weighted by Crippen LogP contribution is 2.44. The Morgan fingerprint density at radius 3 is 2.41 bits per heavy atom. The molecule has 0 spiro atoms. The first-order valence-electron chi connectivity index (χ1n) is 13.1. The summed E-state index contributed by atoms with van der Waals surface area (Å²) in [6.07, 6.45) is 3.11. The molecule has 0 N–H and O–H groups in total. The molecule has 0 unspecified atom stereocenters. The van der Waals surface area contributed by atoms with E-state index in [1.54, 1.807) is 0 Å². The van der Waals surface area contributed by atoms with Crippen molar-refractivity contribution in [2.45, 2.75) is 53.4 Å². The number of fused-ring (bicyclic) bond motifs is 3. The lowest BCUT2D eigenvalue weighted by molar-refractivity contribution is 0.596. The van der Waals surface area contributed by atoms with Crippen molar-refractivity contribution in [1.82, 2.24) is 4.98 Å². The van der Waals surface area contributed by atoms with Crippen LogP contribution in [0.15, 0.2) is 72.9 Å². The molecule has 0 saturated heterocycles. The minimum absolute atomic E-state index is 0.0453. The highest BCUT2D eigenvalue weighted by molar-refractivity contribution is 7.23. The van der Waals surface area contributed by atoms with E-state index < -0.39 is 0 Å². The van der Waals surface area contributed by atoms with Crippen molar-refractivity contribution >= 4 is 53.6 Å². The molecule has 3 heteroatoms. The molecule has 37 heavy (non-hydrogen) atoms. The van der Waals surface area contributed by atoms with Gasteiger partial charge in [-0.3, -0.25) is 4.98 Å². The van der Waals surface area contributed by atoms with E-state index in [-0.39, 0.29) is 5.41 Å². The topological polar surface area (TPSA) is 12.9 Å². The summed E-state index contributed by atoms with van der Waals surface area (Å²) >= 11 is 3.83. The summed E-state index contributed by atoms with van der Waals surface area (Å²) in [5.74, 6) is 0.651. The molecule has 0 fully saturated rings. The summed E-state index contributed by atoms with van der Waals surface area (Å²) in [4.78, 5) is 7.71. The molecule has 1 nitrogen and oxygen atoms in total. The van der Waals surface area contributed by atoms with Crippen LogP contribution in [0, 0.1) is 12.8 Å². The van der Waals surface area contributed by atoms with Crippen LogP contribution in [0.5, 0.6) is 0 Å². The summed E-state index contributed by atoms with van der Waals surface area (Å²) < 4.78 is 2.70. The molecule has 0 aliphatic heterocycles. The standard InChI is InChI=1S/C34H33NS2/c1-20(2)16-27-21(3)36-33-25(27)12-9-13-26(33)31-19-28-30(37-31)14-15-35-32(28)23-17-22-10-7-8-11-24(22)29(18-23)34(4,5)6/h7-15,17-20H,16H2,1-6H3. The Labute approximate surface area is 227 Å². The SMILES string of the molecule is Cc1sc2c(-c3cc4c(-c5cc(C(C)(C)C)c6ccccc6c5)nccc4s3)cccc2c1CC(C)C. The van der Waals surface area contributed by atoms with Gasteiger partial charge in [0.2, 0.25) is 0 Å². The third-order valence-electron chi connectivity index (χ3n) is 7.29. The van der Waals surface area contributed by atoms with Crippen molar-refractivity contribution in [2.75, 3.05) is 0 Å². The lowest BCUT2D eigenvalue weighted by Crippen LogP contribution is -2.12. The van der Waals surface area contributed by atoms with E-state index in [2.05, 4.69) is 108 Å². The number of aryl methyl sites for hydroxylation is 1. The van der Waals surface area contributed by atoms with Gasteiger partial charge >= 0.3 is 0 Å². The molecule has 0 saturated carbocycles. The summed E-state index contributed by atoms with van der Waals surface area (Å²) in [5.41, 5.74) is 6.55. The molecule has 0 aliphatic carbocycles. The van der Waals surface area contributed by atoms with E-state index in [0.717, 1.165) is 12.1 Å². The molecule has 0 amide bonds. The van der Waals surface area contributed by atoms with Crippen LogP contribution in [0.1, 0.15) is 50.6 Å². The van der Waals surface area contributed by atoms with Gasteiger partial charge in [0.15, 0.2) is 0 Å². The molecule has 0 radical (unpaired) electrons. The van der Waals surface area contributed by atoms with Gasteiger partial charge in [-0.15, -0.1) is 22.7 Å². The molecule has 0 aliphatic rings. The Kier molecular flexibility index (Phi) is 5.97. The van der Waals surface area contributed by atoms with Crippen molar-refractivity contribution in [3.8, 4) is 21.7 Å². The van der Waals surface area contributed by atoms with Crippen molar-refractivity contribution in [3.63, 3.8) is 0 Å². The first-order chi connectivity index (χ1) is 17.7. The fourth-order valence-electron chi connectivity index (χ4n) is 5.54. The number of hydrogen-bond acceptors (Lipinski definition) is 3. The Bertz CT molecular complexity index is 1780. The smallest absolute Gasteiger partial charge is 0.0789 e. The van der Waals surface area contributed by atoms with Gasteiger partial charge in [-0.25, -0.2) is 0 Å². The Morgan fingerprint density at radius 2 is 1.62 bits per heavy atom. The molecular formula is C34H33NS2. The number of benzene rings is 3. The van der Waals surface area contributed by atoms with E-state index in [1.165, 1.54) is 63.0 Å². The molecule has 0 bridgehead atoms. The average Bonchev–Trinajstić information content (AvgIpc) is 3.43. The van der Waals surface area contributed by atoms with Crippen molar-refractivity contribution in [3.05, 3.63) is 88.9 Å². The molecular weight excluding hydrogens is 487 g/mol. The maximum atomic E-state index is 4.94. The number of nitrogens with zero attached hydrogens (tertiary/aromatic N) is 1. The minimum Gasteiger partial charge on any atom is -0.256 e.